The molecule has 0 N–H and O–H groups in total. The molecule has 3 rings (SSSR count). The molecule has 1 aliphatic rings. The lowest BCUT2D eigenvalue weighted by atomic mass is 10.2. The Morgan fingerprint density at radius 2 is 2.11 bits per heavy atom. The van der Waals surface area contributed by atoms with Crippen LogP contribution in [0.3, 0.4) is 0 Å². The fraction of sp³-hybridized carbons (Fsp3) is 0.316. The van der Waals surface area contributed by atoms with Gasteiger partial charge < -0.3 is 14.2 Å². The summed E-state index contributed by atoms with van der Waals surface area (Å²) < 4.78 is 18.4. The normalized spacial score (nSPS) is 13.8. The second kappa shape index (κ2) is 8.32. The second-order valence-electron chi connectivity index (χ2n) is 5.92. The van der Waals surface area contributed by atoms with E-state index < -0.39 is 5.97 Å². The van der Waals surface area contributed by atoms with Gasteiger partial charge >= 0.3 is 5.97 Å². The lowest BCUT2D eigenvalue weighted by Gasteiger charge is -2.12. The topological polar surface area (TPSA) is 79.1 Å². The van der Waals surface area contributed by atoms with Crippen molar-refractivity contribution < 1.29 is 19.0 Å². The number of fused-ring (bicyclic) bond motifs is 1. The average Bonchev–Trinajstić information content (AvgIpc) is 2.95. The van der Waals surface area contributed by atoms with Crippen molar-refractivity contribution in [3.63, 3.8) is 0 Å². The van der Waals surface area contributed by atoms with Crippen LogP contribution in [0.15, 0.2) is 37.7 Å². The fourth-order valence-electron chi connectivity index (χ4n) is 2.82. The number of nitrogens with zero attached hydrogens (tertiary/aromatic N) is 2. The number of hydrogen-bond donors (Lipinski definition) is 0. The average molecular weight is 467 g/mol. The minimum atomic E-state index is -0.443. The molecule has 0 unspecified atom stereocenters. The summed E-state index contributed by atoms with van der Waals surface area (Å²) in [5, 5.41) is 0. The number of methoxy groups -OCH3 is 2. The number of thiazole rings is 1. The molecule has 0 saturated heterocycles. The monoisotopic (exact) mass is 466 g/mol. The molecule has 1 aromatic heterocycles. The third-order valence-corrected chi connectivity index (χ3v) is 5.78. The van der Waals surface area contributed by atoms with Crippen LogP contribution in [0, 0.1) is 0 Å². The molecule has 28 heavy (non-hydrogen) atoms. The summed E-state index contributed by atoms with van der Waals surface area (Å²) in [6.07, 6.45) is 1.76. The van der Waals surface area contributed by atoms with Crippen LogP contribution >= 0.6 is 27.3 Å². The van der Waals surface area contributed by atoms with Gasteiger partial charge in [0.2, 0.25) is 0 Å². The van der Waals surface area contributed by atoms with Crippen LogP contribution in [0.4, 0.5) is 0 Å². The molecule has 0 fully saturated rings. The Labute approximate surface area is 173 Å². The van der Waals surface area contributed by atoms with Crippen molar-refractivity contribution in [1.82, 2.24) is 4.57 Å². The molecule has 0 spiro atoms. The molecule has 0 bridgehead atoms. The summed E-state index contributed by atoms with van der Waals surface area (Å²) in [7, 11) is 3.11. The molecule has 1 aliphatic heterocycles. The zero-order chi connectivity index (χ0) is 20.4. The van der Waals surface area contributed by atoms with Gasteiger partial charge in [0.25, 0.3) is 5.56 Å². The molecule has 9 heteroatoms. The van der Waals surface area contributed by atoms with Crippen LogP contribution < -0.4 is 24.4 Å². The van der Waals surface area contributed by atoms with Crippen LogP contribution in [0.1, 0.15) is 19.4 Å². The predicted octanol–water partition coefficient (Wildman–Crippen LogP) is 1.99. The number of carbonyl (C=O) groups excluding carboxylic acids is 1. The van der Waals surface area contributed by atoms with Crippen molar-refractivity contribution in [3.05, 3.63) is 53.1 Å². The highest BCUT2D eigenvalue weighted by Crippen LogP contribution is 2.36. The number of rotatable bonds is 5. The van der Waals surface area contributed by atoms with Crippen molar-refractivity contribution in [2.45, 2.75) is 20.4 Å². The van der Waals surface area contributed by atoms with E-state index >= 15 is 0 Å². The van der Waals surface area contributed by atoms with Crippen molar-refractivity contribution in [3.8, 4) is 11.5 Å². The standard InChI is InChI=1S/C19H19BrN2O5S/c1-5-27-18(24)12-9-22-17(23)15(28-19(22)21-10(12)2)8-11-6-13(20)16(26-4)14(7-11)25-3/h6-8H,5,9H2,1-4H3/b15-8-. The Balaban J connectivity index is 2.07. The van der Waals surface area contributed by atoms with Crippen LogP contribution in [0.2, 0.25) is 0 Å². The van der Waals surface area contributed by atoms with E-state index in [0.717, 1.165) is 5.56 Å². The number of aromatic nitrogens is 1. The largest absolute Gasteiger partial charge is 0.493 e. The van der Waals surface area contributed by atoms with Gasteiger partial charge in [0.1, 0.15) is 0 Å². The van der Waals surface area contributed by atoms with Gasteiger partial charge in [-0.05, 0) is 53.5 Å². The number of hydrogen-bond acceptors (Lipinski definition) is 7. The van der Waals surface area contributed by atoms with E-state index in [2.05, 4.69) is 20.9 Å². The fourth-order valence-corrected chi connectivity index (χ4v) is 4.47. The van der Waals surface area contributed by atoms with Gasteiger partial charge in [-0.1, -0.05) is 11.3 Å². The first-order chi connectivity index (χ1) is 13.4. The number of benzene rings is 1. The van der Waals surface area contributed by atoms with E-state index in [9.17, 15) is 9.59 Å². The summed E-state index contributed by atoms with van der Waals surface area (Å²) in [6, 6.07) is 3.63. The summed E-state index contributed by atoms with van der Waals surface area (Å²) in [4.78, 5) is 29.9. The second-order valence-corrected chi connectivity index (χ2v) is 7.78. The van der Waals surface area contributed by atoms with Gasteiger partial charge in [0.05, 0.1) is 47.6 Å². The molecule has 148 valence electrons. The lowest BCUT2D eigenvalue weighted by molar-refractivity contribution is -0.138. The molecule has 0 aliphatic carbocycles. The molecule has 2 heterocycles. The SMILES string of the molecule is CCOC(=O)C1=C(C)N=c2s/c(=C\c3cc(Br)c(OC)c(OC)c3)c(=O)n2C1. The van der Waals surface area contributed by atoms with Crippen molar-refractivity contribution in [1.29, 1.82) is 0 Å². The first kappa shape index (κ1) is 20.3. The smallest absolute Gasteiger partial charge is 0.337 e. The highest BCUT2D eigenvalue weighted by atomic mass is 79.9. The Morgan fingerprint density at radius 1 is 1.36 bits per heavy atom. The van der Waals surface area contributed by atoms with E-state index in [-0.39, 0.29) is 18.7 Å². The van der Waals surface area contributed by atoms with E-state index in [1.54, 1.807) is 40.2 Å². The summed E-state index contributed by atoms with van der Waals surface area (Å²) in [6.45, 7) is 3.91. The number of carbonyl (C=O) groups is 1. The summed E-state index contributed by atoms with van der Waals surface area (Å²) in [5.41, 5.74) is 1.54. The quantitative estimate of drug-likeness (QED) is 0.629. The van der Waals surface area contributed by atoms with Gasteiger partial charge in [-0.2, -0.15) is 0 Å². The van der Waals surface area contributed by atoms with Crippen molar-refractivity contribution in [2.24, 2.45) is 4.99 Å². The molecule has 0 atom stereocenters. The molecule has 1 aromatic carbocycles. The van der Waals surface area contributed by atoms with E-state index in [0.29, 0.717) is 36.6 Å². The minimum absolute atomic E-state index is 0.155. The van der Waals surface area contributed by atoms with E-state index in [1.807, 2.05) is 6.07 Å². The third kappa shape index (κ3) is 3.77. The Hall–Kier alpha value is -2.39. The van der Waals surface area contributed by atoms with Crippen molar-refractivity contribution >= 4 is 39.3 Å². The summed E-state index contributed by atoms with van der Waals surface area (Å²) in [5.74, 6) is 0.689. The van der Waals surface area contributed by atoms with Gasteiger partial charge in [-0.15, -0.1) is 0 Å². The zero-order valence-corrected chi connectivity index (χ0v) is 18.3. The highest BCUT2D eigenvalue weighted by Gasteiger charge is 2.21. The minimum Gasteiger partial charge on any atom is -0.493 e. The molecule has 0 radical (unpaired) electrons. The number of esters is 1. The van der Waals surface area contributed by atoms with Crippen LogP contribution in [0.25, 0.3) is 6.08 Å². The molecule has 0 amide bonds. The zero-order valence-electron chi connectivity index (χ0n) is 15.9. The highest BCUT2D eigenvalue weighted by molar-refractivity contribution is 9.10. The number of allylic oxidation sites excluding steroid dienone is 1. The molecular weight excluding hydrogens is 448 g/mol. The van der Waals surface area contributed by atoms with Gasteiger partial charge in [-0.3, -0.25) is 9.36 Å². The van der Waals surface area contributed by atoms with Gasteiger partial charge in [-0.25, -0.2) is 9.79 Å². The predicted molar refractivity (Wildman–Crippen MR) is 110 cm³/mol. The van der Waals surface area contributed by atoms with E-state index in [1.165, 1.54) is 15.9 Å². The van der Waals surface area contributed by atoms with Crippen LogP contribution in [-0.4, -0.2) is 31.4 Å². The number of halogens is 1. The lowest BCUT2D eigenvalue weighted by Crippen LogP contribution is -2.35. The molecular formula is C19H19BrN2O5S. The number of ether oxygens (including phenoxy) is 3. The molecule has 2 aromatic rings. The Morgan fingerprint density at radius 3 is 2.75 bits per heavy atom. The van der Waals surface area contributed by atoms with E-state index in [4.69, 9.17) is 14.2 Å². The maximum absolute atomic E-state index is 12.9. The molecule has 7 nitrogen and oxygen atoms in total. The van der Waals surface area contributed by atoms with Gasteiger partial charge in [0.15, 0.2) is 16.3 Å². The summed E-state index contributed by atoms with van der Waals surface area (Å²) >= 11 is 4.72. The molecule has 0 saturated carbocycles. The Kier molecular flexibility index (Phi) is 6.04. The first-order valence-corrected chi connectivity index (χ1v) is 10.1. The Bertz CT molecular complexity index is 1150. The van der Waals surface area contributed by atoms with Crippen LogP contribution in [0.5, 0.6) is 11.5 Å². The maximum Gasteiger partial charge on any atom is 0.337 e. The van der Waals surface area contributed by atoms with Crippen molar-refractivity contribution in [2.75, 3.05) is 20.8 Å². The van der Waals surface area contributed by atoms with Gasteiger partial charge in [0, 0.05) is 0 Å². The third-order valence-electron chi connectivity index (χ3n) is 4.18. The first-order valence-electron chi connectivity index (χ1n) is 8.48. The van der Waals surface area contributed by atoms with Crippen LogP contribution in [-0.2, 0) is 16.1 Å². The maximum atomic E-state index is 12.9.